The molecule has 0 bridgehead atoms. The highest BCUT2D eigenvalue weighted by molar-refractivity contribution is 5.94. The number of hydrogen-bond donors (Lipinski definition) is 0. The number of halogens is 4. The van der Waals surface area contributed by atoms with E-state index in [-0.39, 0.29) is 12.1 Å². The van der Waals surface area contributed by atoms with Gasteiger partial charge in [0.1, 0.15) is 6.54 Å². The fraction of sp³-hybridized carbons (Fsp3) is 0.364. The molecule has 0 unspecified atom stereocenters. The summed E-state index contributed by atoms with van der Waals surface area (Å²) in [6, 6.07) is 2.21. The zero-order valence-electron chi connectivity index (χ0n) is 10.3. The van der Waals surface area contributed by atoms with E-state index in [0.717, 1.165) is 12.1 Å². The van der Waals surface area contributed by atoms with E-state index in [4.69, 9.17) is 0 Å². The number of carbonyl (C=O) groups excluding carboxylic acids is 1. The lowest BCUT2D eigenvalue weighted by molar-refractivity contribution is -0.387. The van der Waals surface area contributed by atoms with E-state index in [9.17, 15) is 32.5 Å². The topological polar surface area (TPSA) is 63.5 Å². The Hall–Kier alpha value is -2.19. The number of hydrogen-bond acceptors (Lipinski definition) is 3. The third-order valence-corrected chi connectivity index (χ3v) is 2.43. The molecule has 0 atom stereocenters. The van der Waals surface area contributed by atoms with Crippen molar-refractivity contribution >= 4 is 11.6 Å². The van der Waals surface area contributed by atoms with E-state index in [1.54, 1.807) is 0 Å². The van der Waals surface area contributed by atoms with Crippen LogP contribution in [0.4, 0.5) is 23.2 Å². The van der Waals surface area contributed by atoms with Crippen LogP contribution in [0.15, 0.2) is 18.2 Å². The second kappa shape index (κ2) is 5.85. The van der Waals surface area contributed by atoms with Gasteiger partial charge in [-0.1, -0.05) is 0 Å². The van der Waals surface area contributed by atoms with Gasteiger partial charge in [0.2, 0.25) is 5.82 Å². The molecule has 110 valence electrons. The van der Waals surface area contributed by atoms with E-state index >= 15 is 0 Å². The minimum atomic E-state index is -4.58. The molecule has 20 heavy (non-hydrogen) atoms. The fourth-order valence-corrected chi connectivity index (χ4v) is 1.51. The van der Waals surface area contributed by atoms with E-state index in [2.05, 4.69) is 0 Å². The van der Waals surface area contributed by atoms with Crippen molar-refractivity contribution in [2.45, 2.75) is 13.1 Å². The van der Waals surface area contributed by atoms with Gasteiger partial charge in [0, 0.05) is 18.2 Å². The van der Waals surface area contributed by atoms with Crippen LogP contribution < -0.4 is 0 Å². The van der Waals surface area contributed by atoms with Gasteiger partial charge in [-0.3, -0.25) is 14.9 Å². The average molecular weight is 294 g/mol. The lowest BCUT2D eigenvalue weighted by atomic mass is 10.1. The van der Waals surface area contributed by atoms with E-state index in [1.807, 2.05) is 0 Å². The quantitative estimate of drug-likeness (QED) is 0.487. The fourth-order valence-electron chi connectivity index (χ4n) is 1.51. The standard InChI is InChI=1S/C11H10F4N2O3/c1-2-16(6-11(13,14)15)10(18)7-3-4-9(17(19)20)8(12)5-7/h3-5H,2,6H2,1H3. The molecule has 0 N–H and O–H groups in total. The van der Waals surface area contributed by atoms with Gasteiger partial charge in [-0.05, 0) is 19.1 Å². The van der Waals surface area contributed by atoms with Crippen molar-refractivity contribution in [3.8, 4) is 0 Å². The Bertz CT molecular complexity index is 531. The van der Waals surface area contributed by atoms with Gasteiger partial charge in [-0.25, -0.2) is 0 Å². The molecule has 0 aromatic heterocycles. The SMILES string of the molecule is CCN(CC(F)(F)F)C(=O)c1ccc([N+](=O)[O-])c(F)c1. The van der Waals surface area contributed by atoms with E-state index < -0.39 is 35.1 Å². The van der Waals surface area contributed by atoms with Crippen LogP contribution in [0.1, 0.15) is 17.3 Å². The summed E-state index contributed by atoms with van der Waals surface area (Å²) in [5.74, 6) is -2.32. The van der Waals surface area contributed by atoms with Gasteiger partial charge in [-0.2, -0.15) is 17.6 Å². The summed E-state index contributed by atoms with van der Waals surface area (Å²) >= 11 is 0. The Kier molecular flexibility index (Phi) is 4.64. The number of nitro benzene ring substituents is 1. The minimum absolute atomic E-state index is 0.225. The predicted octanol–water partition coefficient (Wildman–Crippen LogP) is 2.76. The molecule has 1 aromatic carbocycles. The van der Waals surface area contributed by atoms with Crippen molar-refractivity contribution in [2.75, 3.05) is 13.1 Å². The summed E-state index contributed by atoms with van der Waals surface area (Å²) in [7, 11) is 0. The average Bonchev–Trinajstić information content (AvgIpc) is 2.33. The van der Waals surface area contributed by atoms with Crippen LogP contribution in [-0.2, 0) is 0 Å². The third kappa shape index (κ3) is 3.90. The Morgan fingerprint density at radius 2 is 2.00 bits per heavy atom. The molecule has 0 heterocycles. The maximum atomic E-state index is 13.3. The first-order chi connectivity index (χ1) is 9.15. The van der Waals surface area contributed by atoms with Crippen molar-refractivity contribution in [1.29, 1.82) is 0 Å². The molecule has 0 aliphatic heterocycles. The molecule has 0 saturated carbocycles. The van der Waals surface area contributed by atoms with Crippen molar-refractivity contribution in [1.82, 2.24) is 4.90 Å². The molecule has 0 fully saturated rings. The zero-order chi connectivity index (χ0) is 15.5. The molecule has 0 aliphatic rings. The summed E-state index contributed by atoms with van der Waals surface area (Å²) < 4.78 is 50.1. The first-order valence-corrected chi connectivity index (χ1v) is 5.45. The molecule has 9 heteroatoms. The Morgan fingerprint density at radius 1 is 1.40 bits per heavy atom. The highest BCUT2D eigenvalue weighted by atomic mass is 19.4. The van der Waals surface area contributed by atoms with Crippen LogP contribution in [0.3, 0.4) is 0 Å². The Morgan fingerprint density at radius 3 is 2.40 bits per heavy atom. The van der Waals surface area contributed by atoms with Crippen LogP contribution >= 0.6 is 0 Å². The number of benzene rings is 1. The van der Waals surface area contributed by atoms with Crippen LogP contribution in [0.5, 0.6) is 0 Å². The first kappa shape index (κ1) is 15.9. The summed E-state index contributed by atoms with van der Waals surface area (Å²) in [5, 5.41) is 10.4. The van der Waals surface area contributed by atoms with Crippen LogP contribution in [-0.4, -0.2) is 35.0 Å². The number of rotatable bonds is 4. The van der Waals surface area contributed by atoms with Gasteiger partial charge < -0.3 is 4.90 Å². The maximum Gasteiger partial charge on any atom is 0.406 e. The molecule has 1 amide bonds. The molecule has 5 nitrogen and oxygen atoms in total. The monoisotopic (exact) mass is 294 g/mol. The number of carbonyl (C=O) groups is 1. The second-order valence-corrected chi connectivity index (χ2v) is 3.86. The van der Waals surface area contributed by atoms with Gasteiger partial charge in [0.05, 0.1) is 4.92 Å². The Balaban J connectivity index is 3.02. The summed E-state index contributed by atoms with van der Waals surface area (Å²) in [5.41, 5.74) is -1.22. The zero-order valence-corrected chi connectivity index (χ0v) is 10.3. The Labute approximate surface area is 110 Å². The highest BCUT2D eigenvalue weighted by Crippen LogP contribution is 2.21. The first-order valence-electron chi connectivity index (χ1n) is 5.45. The molecule has 0 spiro atoms. The van der Waals surface area contributed by atoms with Crippen molar-refractivity contribution < 1.29 is 27.3 Å². The lowest BCUT2D eigenvalue weighted by Crippen LogP contribution is -2.38. The number of alkyl halides is 3. The summed E-state index contributed by atoms with van der Waals surface area (Å²) in [4.78, 5) is 21.7. The molecule has 1 aromatic rings. The smallest absolute Gasteiger partial charge is 0.330 e. The summed E-state index contributed by atoms with van der Waals surface area (Å²) in [6.45, 7) is -0.358. The van der Waals surface area contributed by atoms with E-state index in [0.29, 0.717) is 11.0 Å². The summed E-state index contributed by atoms with van der Waals surface area (Å²) in [6.07, 6.45) is -4.58. The molecule has 0 radical (unpaired) electrons. The van der Waals surface area contributed by atoms with Crippen LogP contribution in [0.25, 0.3) is 0 Å². The second-order valence-electron chi connectivity index (χ2n) is 3.86. The van der Waals surface area contributed by atoms with Crippen LogP contribution in [0, 0.1) is 15.9 Å². The number of amides is 1. The lowest BCUT2D eigenvalue weighted by Gasteiger charge is -2.22. The highest BCUT2D eigenvalue weighted by Gasteiger charge is 2.33. The van der Waals surface area contributed by atoms with Crippen molar-refractivity contribution in [3.63, 3.8) is 0 Å². The normalized spacial score (nSPS) is 11.2. The van der Waals surface area contributed by atoms with Gasteiger partial charge in [-0.15, -0.1) is 0 Å². The molecule has 0 saturated heterocycles. The molecule has 1 rings (SSSR count). The largest absolute Gasteiger partial charge is 0.406 e. The van der Waals surface area contributed by atoms with Gasteiger partial charge >= 0.3 is 11.9 Å². The van der Waals surface area contributed by atoms with Crippen molar-refractivity contribution in [3.05, 3.63) is 39.7 Å². The van der Waals surface area contributed by atoms with Crippen LogP contribution in [0.2, 0.25) is 0 Å². The molecular weight excluding hydrogens is 284 g/mol. The third-order valence-electron chi connectivity index (χ3n) is 2.43. The number of nitro groups is 1. The minimum Gasteiger partial charge on any atom is -0.330 e. The number of nitrogens with zero attached hydrogens (tertiary/aromatic N) is 2. The molecule has 0 aliphatic carbocycles. The predicted molar refractivity (Wildman–Crippen MR) is 60.7 cm³/mol. The van der Waals surface area contributed by atoms with E-state index in [1.165, 1.54) is 6.92 Å². The van der Waals surface area contributed by atoms with Crippen molar-refractivity contribution in [2.24, 2.45) is 0 Å². The van der Waals surface area contributed by atoms with Gasteiger partial charge in [0.15, 0.2) is 0 Å². The molecular formula is C11H10F4N2O3. The maximum absolute atomic E-state index is 13.3. The van der Waals surface area contributed by atoms with Gasteiger partial charge in [0.25, 0.3) is 5.91 Å².